The molecule has 6 nitrogen and oxygen atoms in total. The largest absolute Gasteiger partial charge is 2.00 e. The van der Waals surface area contributed by atoms with Gasteiger partial charge in [-0.3, -0.25) is 10.2 Å². The van der Waals surface area contributed by atoms with Crippen LogP contribution in [0.3, 0.4) is 0 Å². The van der Waals surface area contributed by atoms with Gasteiger partial charge in [-0.25, -0.2) is 0 Å². The number of hydrogen-bond donors (Lipinski definition) is 0. The second kappa shape index (κ2) is 12.8. The molecule has 0 saturated heterocycles. The second-order valence-electron chi connectivity index (χ2n) is 1.15. The molecule has 0 aromatic rings. The Balaban J connectivity index is -0.000000107. The maximum Gasteiger partial charge on any atom is 2.00 e. The predicted octanol–water partition coefficient (Wildman–Crippen LogP) is -5.25. The first kappa shape index (κ1) is 17.3. The van der Waals surface area contributed by atoms with Crippen molar-refractivity contribution in [2.45, 2.75) is 13.8 Å². The first-order valence-electron chi connectivity index (χ1n) is 2.15. The first-order chi connectivity index (χ1) is 4.54. The van der Waals surface area contributed by atoms with Gasteiger partial charge in [0.15, 0.2) is 0 Å². The van der Waals surface area contributed by atoms with Crippen LogP contribution in [0.5, 0.6) is 0 Å². The Labute approximate surface area is 103 Å². The third-order valence-electron chi connectivity index (χ3n) is 0.235. The minimum Gasteiger partial charge on any atom is -0.719 e. The molecule has 0 rings (SSSR count). The van der Waals surface area contributed by atoms with Gasteiger partial charge in [-0.15, -0.1) is 0 Å². The van der Waals surface area contributed by atoms with E-state index in [0.717, 1.165) is 13.8 Å². The molecule has 0 heterocycles. The molecule has 11 heavy (non-hydrogen) atoms. The molecule has 0 aromatic carbocycles. The third kappa shape index (κ3) is 39.4. The van der Waals surface area contributed by atoms with E-state index in [0.29, 0.717) is 0 Å². The number of carbonyl (C=O) groups excluding carboxylic acids is 2. The van der Waals surface area contributed by atoms with Crippen molar-refractivity contribution in [3.8, 4) is 0 Å². The number of carboxylic acids is 2. The summed E-state index contributed by atoms with van der Waals surface area (Å²) in [7, 11) is 0. The van der Waals surface area contributed by atoms with Crippen molar-refractivity contribution in [1.82, 2.24) is 0 Å². The fourth-order valence-electron chi connectivity index (χ4n) is 0. The van der Waals surface area contributed by atoms with Crippen molar-refractivity contribution in [2.75, 3.05) is 0 Å². The van der Waals surface area contributed by atoms with Crippen molar-refractivity contribution in [1.29, 1.82) is 0 Å². The van der Waals surface area contributed by atoms with Crippen LogP contribution in [0.2, 0.25) is 0 Å². The molecule has 0 aliphatic carbocycles. The SMILES string of the molecule is CC([O-])=[O+][O-].CC([O-])=[O+][O-].[Ba+2]. The van der Waals surface area contributed by atoms with E-state index < -0.39 is 11.9 Å². The summed E-state index contributed by atoms with van der Waals surface area (Å²) in [6, 6.07) is 0. The Morgan fingerprint density at radius 2 is 1.00 bits per heavy atom. The minimum absolute atomic E-state index is 0. The van der Waals surface area contributed by atoms with Gasteiger partial charge in [0, 0.05) is 13.8 Å². The molecule has 0 aliphatic heterocycles. The van der Waals surface area contributed by atoms with Gasteiger partial charge in [0.25, 0.3) is 0 Å². The van der Waals surface area contributed by atoms with Gasteiger partial charge in [-0.1, -0.05) is 0 Å². The Morgan fingerprint density at radius 3 is 1.00 bits per heavy atom. The van der Waals surface area contributed by atoms with Gasteiger partial charge >= 0.3 is 60.8 Å². The van der Waals surface area contributed by atoms with Crippen molar-refractivity contribution < 1.29 is 29.9 Å². The first-order valence-corrected chi connectivity index (χ1v) is 2.15. The Bertz CT molecular complexity index is 107. The number of carboxylic acid groups (broad SMARTS) is 2. The zero-order chi connectivity index (χ0) is 8.57. The molecule has 60 valence electrons. The Kier molecular flexibility index (Phi) is 20.0. The molecule has 0 bridgehead atoms. The topological polar surface area (TPSA) is 115 Å². The van der Waals surface area contributed by atoms with Crippen LogP contribution in [-0.4, -0.2) is 60.8 Å². The van der Waals surface area contributed by atoms with Gasteiger partial charge < -0.3 is 19.7 Å². The molecule has 0 radical (unpaired) electrons. The van der Waals surface area contributed by atoms with Gasteiger partial charge in [0.05, 0.1) is 0 Å². The van der Waals surface area contributed by atoms with Crippen LogP contribution in [0.1, 0.15) is 13.8 Å². The van der Waals surface area contributed by atoms with Crippen LogP contribution in [0.15, 0.2) is 0 Å². The Hall–Kier alpha value is 0.111. The van der Waals surface area contributed by atoms with Crippen LogP contribution < -0.4 is 20.7 Å². The average Bonchev–Trinajstić information content (AvgIpc) is 1.89. The summed E-state index contributed by atoms with van der Waals surface area (Å²) in [5, 5.41) is 36.1. The molecule has 0 fully saturated rings. The fraction of sp³-hybridized carbons (Fsp3) is 0.500. The summed E-state index contributed by atoms with van der Waals surface area (Å²) in [6.07, 6.45) is 0. The molecule has 7 heteroatoms. The zero-order valence-electron chi connectivity index (χ0n) is 6.16. The van der Waals surface area contributed by atoms with Crippen LogP contribution in [-0.2, 0) is 9.15 Å². The predicted molar refractivity (Wildman–Crippen MR) is 27.1 cm³/mol. The monoisotopic (exact) mass is 288 g/mol. The van der Waals surface area contributed by atoms with E-state index in [9.17, 15) is 10.2 Å². The van der Waals surface area contributed by atoms with Crippen molar-refractivity contribution >= 4 is 60.8 Å². The van der Waals surface area contributed by atoms with Crippen molar-refractivity contribution in [3.05, 3.63) is 0 Å². The van der Waals surface area contributed by atoms with E-state index in [1.54, 1.807) is 0 Å². The maximum atomic E-state index is 9.28. The molecular formula is C4H6BaO6. The molecule has 0 spiro atoms. The molecule has 0 saturated carbocycles. The molecule has 0 atom stereocenters. The van der Waals surface area contributed by atoms with Crippen LogP contribution in [0.4, 0.5) is 0 Å². The van der Waals surface area contributed by atoms with Crippen molar-refractivity contribution in [3.63, 3.8) is 0 Å². The molecular weight excluding hydrogens is 281 g/mol. The minimum atomic E-state index is -0.801. The third-order valence-corrected chi connectivity index (χ3v) is 0.235. The molecule has 0 N–H and O–H groups in total. The number of aliphatic carboxylic acids is 2. The summed E-state index contributed by atoms with van der Waals surface area (Å²) in [4.78, 5) is 0. The number of hydrogen-bond acceptors (Lipinski definition) is 4. The van der Waals surface area contributed by atoms with Crippen LogP contribution in [0, 0.1) is 0 Å². The molecule has 0 unspecified atom stereocenters. The van der Waals surface area contributed by atoms with Crippen LogP contribution >= 0.6 is 0 Å². The van der Waals surface area contributed by atoms with E-state index in [-0.39, 0.29) is 48.9 Å². The summed E-state index contributed by atoms with van der Waals surface area (Å²) in [6.45, 7) is 2.10. The van der Waals surface area contributed by atoms with E-state index in [1.807, 2.05) is 0 Å². The average molecular weight is 287 g/mol. The summed E-state index contributed by atoms with van der Waals surface area (Å²) < 4.78 is 5.72. The van der Waals surface area contributed by atoms with Crippen molar-refractivity contribution in [2.24, 2.45) is 0 Å². The van der Waals surface area contributed by atoms with E-state index in [2.05, 4.69) is 9.15 Å². The second-order valence-corrected chi connectivity index (χ2v) is 1.15. The van der Waals surface area contributed by atoms with E-state index in [1.165, 1.54) is 0 Å². The van der Waals surface area contributed by atoms with Gasteiger partial charge in [-0.05, 0) is 0 Å². The smallest absolute Gasteiger partial charge is 0.719 e. The molecule has 0 aromatic heterocycles. The van der Waals surface area contributed by atoms with Gasteiger partial charge in [0.2, 0.25) is 0 Å². The summed E-state index contributed by atoms with van der Waals surface area (Å²) >= 11 is 0. The van der Waals surface area contributed by atoms with E-state index >= 15 is 0 Å². The quantitative estimate of drug-likeness (QED) is 0.192. The maximum absolute atomic E-state index is 9.28. The summed E-state index contributed by atoms with van der Waals surface area (Å²) in [5.74, 6) is -1.60. The molecule has 0 amide bonds. The standard InChI is InChI=1S/2C2H4O3.Ba/c2*1-2(3)5-4;/h2*3H,1H3;/q;;+2/p-2. The normalized spacial score (nSPS) is 10.7. The Morgan fingerprint density at radius 1 is 0.909 bits per heavy atom. The van der Waals surface area contributed by atoms with Crippen LogP contribution in [0.25, 0.3) is 0 Å². The molecule has 0 aliphatic rings. The van der Waals surface area contributed by atoms with Gasteiger partial charge in [0.1, 0.15) is 0 Å². The number of rotatable bonds is 0. The van der Waals surface area contributed by atoms with E-state index in [4.69, 9.17) is 10.5 Å². The fourth-order valence-corrected chi connectivity index (χ4v) is 0. The zero-order valence-corrected chi connectivity index (χ0v) is 10.6. The van der Waals surface area contributed by atoms with Gasteiger partial charge in [-0.2, -0.15) is 0 Å². The summed E-state index contributed by atoms with van der Waals surface area (Å²) in [5.41, 5.74) is 0.